The summed E-state index contributed by atoms with van der Waals surface area (Å²) in [6.45, 7) is 7.63. The number of amides is 1. The smallest absolute Gasteiger partial charge is 0.254 e. The molecule has 3 aromatic rings. The molecule has 0 N–H and O–H groups in total. The molecule has 0 bridgehead atoms. The van der Waals surface area contributed by atoms with E-state index in [1.54, 1.807) is 10.8 Å². The fourth-order valence-corrected chi connectivity index (χ4v) is 5.59. The van der Waals surface area contributed by atoms with Gasteiger partial charge in [0, 0.05) is 18.7 Å². The molecule has 1 amide bonds. The van der Waals surface area contributed by atoms with E-state index in [-0.39, 0.29) is 22.7 Å². The highest BCUT2D eigenvalue weighted by Gasteiger charge is 2.30. The Balaban J connectivity index is 1.64. The Labute approximate surface area is 202 Å². The third-order valence-corrected chi connectivity index (χ3v) is 7.64. The van der Waals surface area contributed by atoms with Gasteiger partial charge in [-0.1, -0.05) is 61.9 Å². The van der Waals surface area contributed by atoms with E-state index in [0.29, 0.717) is 31.1 Å². The highest BCUT2D eigenvalue weighted by atomic mass is 32.2. The van der Waals surface area contributed by atoms with E-state index in [2.05, 4.69) is 18.8 Å². The Hall–Kier alpha value is -2.93. The van der Waals surface area contributed by atoms with E-state index in [1.807, 2.05) is 66.4 Å². The van der Waals surface area contributed by atoms with Gasteiger partial charge in [0.1, 0.15) is 0 Å². The van der Waals surface area contributed by atoms with Crippen LogP contribution < -0.4 is 0 Å². The summed E-state index contributed by atoms with van der Waals surface area (Å²) in [5.41, 5.74) is 3.24. The number of hydrogen-bond donors (Lipinski definition) is 0. The lowest BCUT2D eigenvalue weighted by Gasteiger charge is -2.24. The molecule has 4 rings (SSSR count). The van der Waals surface area contributed by atoms with E-state index in [1.165, 1.54) is 0 Å². The molecule has 1 aromatic heterocycles. The Morgan fingerprint density at radius 1 is 1.09 bits per heavy atom. The van der Waals surface area contributed by atoms with Gasteiger partial charge in [-0.15, -0.1) is 0 Å². The highest BCUT2D eigenvalue weighted by molar-refractivity contribution is 7.90. The van der Waals surface area contributed by atoms with Crippen LogP contribution in [0.3, 0.4) is 0 Å². The first kappa shape index (κ1) is 24.2. The fraction of sp³-hybridized carbons (Fsp3) is 0.407. The second-order valence-electron chi connectivity index (χ2n) is 9.78. The Kier molecular flexibility index (Phi) is 7.22. The zero-order valence-corrected chi connectivity index (χ0v) is 21.0. The SMILES string of the molecule is Cc1ccc(C(=O)N(Cc2cnc(S(=O)(=O)Cc3ccccc3)n2CC(C)C)CC2CC2)cc1. The Morgan fingerprint density at radius 3 is 2.38 bits per heavy atom. The molecule has 180 valence electrons. The van der Waals surface area contributed by atoms with Gasteiger partial charge < -0.3 is 9.47 Å². The summed E-state index contributed by atoms with van der Waals surface area (Å²) in [7, 11) is -3.64. The molecule has 34 heavy (non-hydrogen) atoms. The van der Waals surface area contributed by atoms with Crippen LogP contribution in [0.4, 0.5) is 0 Å². The van der Waals surface area contributed by atoms with Gasteiger partial charge >= 0.3 is 0 Å². The maximum absolute atomic E-state index is 13.4. The fourth-order valence-electron chi connectivity index (χ4n) is 4.09. The van der Waals surface area contributed by atoms with Crippen molar-refractivity contribution in [3.05, 3.63) is 83.2 Å². The minimum Gasteiger partial charge on any atom is -0.332 e. The average Bonchev–Trinajstić information content (AvgIpc) is 3.53. The lowest BCUT2D eigenvalue weighted by Crippen LogP contribution is -2.33. The average molecular weight is 480 g/mol. The molecule has 0 spiro atoms. The minimum absolute atomic E-state index is 0.0297. The van der Waals surface area contributed by atoms with E-state index in [9.17, 15) is 13.2 Å². The normalized spacial score (nSPS) is 13.9. The van der Waals surface area contributed by atoms with E-state index < -0.39 is 9.84 Å². The van der Waals surface area contributed by atoms with Crippen molar-refractivity contribution in [2.45, 2.75) is 57.6 Å². The molecule has 0 atom stereocenters. The minimum atomic E-state index is -3.64. The first-order valence-corrected chi connectivity index (χ1v) is 13.5. The van der Waals surface area contributed by atoms with Crippen molar-refractivity contribution in [2.24, 2.45) is 11.8 Å². The summed E-state index contributed by atoms with van der Waals surface area (Å²) < 4.78 is 28.4. The molecule has 1 saturated carbocycles. The first-order chi connectivity index (χ1) is 16.2. The van der Waals surface area contributed by atoms with Crippen molar-refractivity contribution in [1.82, 2.24) is 14.5 Å². The summed E-state index contributed by atoms with van der Waals surface area (Å²) in [4.78, 5) is 19.6. The van der Waals surface area contributed by atoms with Crippen LogP contribution in [0, 0.1) is 18.8 Å². The number of carbonyl (C=O) groups is 1. The number of rotatable bonds is 10. The molecule has 1 fully saturated rings. The number of carbonyl (C=O) groups excluding carboxylic acids is 1. The predicted octanol–water partition coefficient (Wildman–Crippen LogP) is 4.87. The van der Waals surface area contributed by atoms with Gasteiger partial charge in [-0.05, 0) is 49.3 Å². The zero-order chi connectivity index (χ0) is 24.3. The van der Waals surface area contributed by atoms with Gasteiger partial charge in [-0.25, -0.2) is 13.4 Å². The molecule has 1 aliphatic carbocycles. The maximum atomic E-state index is 13.4. The molecule has 1 heterocycles. The summed E-state index contributed by atoms with van der Waals surface area (Å²) >= 11 is 0. The lowest BCUT2D eigenvalue weighted by atomic mass is 10.1. The van der Waals surface area contributed by atoms with Gasteiger partial charge in [-0.3, -0.25) is 4.79 Å². The number of sulfone groups is 1. The lowest BCUT2D eigenvalue weighted by molar-refractivity contribution is 0.0730. The van der Waals surface area contributed by atoms with Gasteiger partial charge in [0.25, 0.3) is 5.91 Å². The van der Waals surface area contributed by atoms with Crippen LogP contribution in [0.2, 0.25) is 0 Å². The van der Waals surface area contributed by atoms with Gasteiger partial charge in [0.2, 0.25) is 15.0 Å². The largest absolute Gasteiger partial charge is 0.332 e. The van der Waals surface area contributed by atoms with E-state index >= 15 is 0 Å². The van der Waals surface area contributed by atoms with Gasteiger partial charge in [0.05, 0.1) is 24.2 Å². The van der Waals surface area contributed by atoms with Crippen molar-refractivity contribution in [2.75, 3.05) is 6.54 Å². The molecule has 0 saturated heterocycles. The first-order valence-electron chi connectivity index (χ1n) is 11.9. The van der Waals surface area contributed by atoms with Crippen molar-refractivity contribution in [3.8, 4) is 0 Å². The quantitative estimate of drug-likeness (QED) is 0.416. The molecule has 6 nitrogen and oxygen atoms in total. The van der Waals surface area contributed by atoms with Crippen LogP contribution in [0.25, 0.3) is 0 Å². The molecule has 0 aliphatic heterocycles. The molecule has 0 radical (unpaired) electrons. The molecule has 1 aliphatic rings. The number of hydrogen-bond acceptors (Lipinski definition) is 4. The van der Waals surface area contributed by atoms with E-state index in [0.717, 1.165) is 29.7 Å². The molecule has 2 aromatic carbocycles. The monoisotopic (exact) mass is 479 g/mol. The standard InChI is InChI=1S/C27H33N3O3S/c1-20(2)16-30-25(15-28-27(30)34(32,33)19-23-7-5-4-6-8-23)18-29(17-22-11-12-22)26(31)24-13-9-21(3)10-14-24/h4-10,13-15,20,22H,11-12,16-19H2,1-3H3. The molecular formula is C27H33N3O3S. The maximum Gasteiger partial charge on any atom is 0.254 e. The van der Waals surface area contributed by atoms with Crippen LogP contribution in [0.15, 0.2) is 66.0 Å². The van der Waals surface area contributed by atoms with Crippen molar-refractivity contribution >= 4 is 15.7 Å². The highest BCUT2D eigenvalue weighted by Crippen LogP contribution is 2.31. The van der Waals surface area contributed by atoms with E-state index in [4.69, 9.17) is 0 Å². The second-order valence-corrected chi connectivity index (χ2v) is 11.7. The second kappa shape index (κ2) is 10.1. The topological polar surface area (TPSA) is 72.3 Å². The Bertz CT molecular complexity index is 1230. The molecule has 7 heteroatoms. The zero-order valence-electron chi connectivity index (χ0n) is 20.1. The van der Waals surface area contributed by atoms with Gasteiger partial charge in [-0.2, -0.15) is 0 Å². The third-order valence-electron chi connectivity index (χ3n) is 6.04. The summed E-state index contributed by atoms with van der Waals surface area (Å²) in [5, 5.41) is 0.0780. The van der Waals surface area contributed by atoms with Crippen molar-refractivity contribution in [1.29, 1.82) is 0 Å². The number of imidazole rings is 1. The van der Waals surface area contributed by atoms with Crippen molar-refractivity contribution in [3.63, 3.8) is 0 Å². The van der Waals surface area contributed by atoms with Crippen LogP contribution in [-0.2, 0) is 28.7 Å². The third kappa shape index (κ3) is 5.95. The molecule has 0 unspecified atom stereocenters. The van der Waals surface area contributed by atoms with Crippen LogP contribution >= 0.6 is 0 Å². The number of benzene rings is 2. The Morgan fingerprint density at radius 2 is 1.76 bits per heavy atom. The summed E-state index contributed by atoms with van der Waals surface area (Å²) in [6.07, 6.45) is 3.88. The van der Waals surface area contributed by atoms with Crippen LogP contribution in [0.5, 0.6) is 0 Å². The molecular weight excluding hydrogens is 446 g/mol. The number of nitrogens with zero attached hydrogens (tertiary/aromatic N) is 3. The van der Waals surface area contributed by atoms with Crippen molar-refractivity contribution < 1.29 is 13.2 Å². The van der Waals surface area contributed by atoms with Crippen LogP contribution in [-0.4, -0.2) is 35.3 Å². The predicted molar refractivity (Wildman–Crippen MR) is 133 cm³/mol. The number of aromatic nitrogens is 2. The van der Waals surface area contributed by atoms with Gasteiger partial charge in [0.15, 0.2) is 0 Å². The summed E-state index contributed by atoms with van der Waals surface area (Å²) in [5.74, 6) is 0.606. The van der Waals surface area contributed by atoms with Crippen LogP contribution in [0.1, 0.15) is 53.9 Å². The number of aryl methyl sites for hydroxylation is 1. The summed E-state index contributed by atoms with van der Waals surface area (Å²) in [6, 6.07) is 16.8.